The van der Waals surface area contributed by atoms with Gasteiger partial charge >= 0.3 is 6.03 Å². The van der Waals surface area contributed by atoms with Crippen molar-refractivity contribution in [1.82, 2.24) is 5.32 Å². The second kappa shape index (κ2) is 8.74. The van der Waals surface area contributed by atoms with Crippen LogP contribution in [0.5, 0.6) is 5.75 Å². The molecule has 1 aromatic rings. The van der Waals surface area contributed by atoms with E-state index in [1.165, 1.54) is 0 Å². The molecule has 1 atom stereocenters. The summed E-state index contributed by atoms with van der Waals surface area (Å²) in [4.78, 5) is 11.8. The van der Waals surface area contributed by atoms with Gasteiger partial charge in [0.1, 0.15) is 0 Å². The number of aliphatic hydroxyl groups is 1. The molecule has 0 spiro atoms. The number of anilines is 1. The van der Waals surface area contributed by atoms with E-state index in [0.717, 1.165) is 0 Å². The van der Waals surface area contributed by atoms with Crippen LogP contribution in [0.4, 0.5) is 10.5 Å². The molecule has 1 unspecified atom stereocenters. The third-order valence-corrected chi connectivity index (χ3v) is 3.30. The first-order chi connectivity index (χ1) is 9.95. The number of rotatable bonds is 7. The van der Waals surface area contributed by atoms with Gasteiger partial charge in [-0.05, 0) is 31.4 Å². The lowest BCUT2D eigenvalue weighted by Gasteiger charge is -2.16. The fourth-order valence-electron chi connectivity index (χ4n) is 1.73. The second-order valence-corrected chi connectivity index (χ2v) is 5.44. The van der Waals surface area contributed by atoms with E-state index in [0.29, 0.717) is 36.0 Å². The zero-order chi connectivity index (χ0) is 15.8. The molecule has 1 aromatic carbocycles. The summed E-state index contributed by atoms with van der Waals surface area (Å²) in [5.74, 6) is 0.631. The Morgan fingerprint density at radius 1 is 1.43 bits per heavy atom. The first-order valence-electron chi connectivity index (χ1n) is 7.10. The number of halogens is 1. The molecule has 21 heavy (non-hydrogen) atoms. The number of urea groups is 1. The van der Waals surface area contributed by atoms with Crippen molar-refractivity contribution in [2.45, 2.75) is 33.3 Å². The highest BCUT2D eigenvalue weighted by molar-refractivity contribution is 6.32. The van der Waals surface area contributed by atoms with Crippen LogP contribution in [0.1, 0.15) is 27.2 Å². The first kappa shape index (κ1) is 17.6. The third-order valence-electron chi connectivity index (χ3n) is 3.00. The van der Waals surface area contributed by atoms with Gasteiger partial charge in [0, 0.05) is 6.54 Å². The minimum absolute atomic E-state index is 0.173. The van der Waals surface area contributed by atoms with Crippen LogP contribution in [0.25, 0.3) is 0 Å². The normalized spacial score (nSPS) is 12.1. The number of benzene rings is 1. The summed E-state index contributed by atoms with van der Waals surface area (Å²) in [6.45, 7) is 6.58. The Kier molecular flexibility index (Phi) is 7.32. The van der Waals surface area contributed by atoms with Crippen molar-refractivity contribution < 1.29 is 14.6 Å². The van der Waals surface area contributed by atoms with E-state index in [2.05, 4.69) is 10.6 Å². The monoisotopic (exact) mass is 314 g/mol. The number of aliphatic hydroxyl groups excluding tert-OH is 1. The van der Waals surface area contributed by atoms with Crippen LogP contribution in [-0.4, -0.2) is 30.4 Å². The fraction of sp³-hybridized carbons (Fsp3) is 0.533. The van der Waals surface area contributed by atoms with Crippen LogP contribution >= 0.6 is 11.6 Å². The molecule has 0 heterocycles. The van der Waals surface area contributed by atoms with Gasteiger partial charge in [0.25, 0.3) is 0 Å². The van der Waals surface area contributed by atoms with Crippen molar-refractivity contribution in [2.75, 3.05) is 18.5 Å². The number of carbonyl (C=O) groups is 1. The Labute approximate surface area is 130 Å². The van der Waals surface area contributed by atoms with Crippen LogP contribution in [0.2, 0.25) is 5.02 Å². The Balaban J connectivity index is 2.53. The fourth-order valence-corrected chi connectivity index (χ4v) is 1.96. The second-order valence-electron chi connectivity index (χ2n) is 5.03. The van der Waals surface area contributed by atoms with Gasteiger partial charge < -0.3 is 20.5 Å². The predicted molar refractivity (Wildman–Crippen MR) is 85.1 cm³/mol. The van der Waals surface area contributed by atoms with Gasteiger partial charge in [-0.3, -0.25) is 0 Å². The lowest BCUT2D eigenvalue weighted by molar-refractivity contribution is 0.117. The van der Waals surface area contributed by atoms with Crippen molar-refractivity contribution in [2.24, 2.45) is 5.92 Å². The lowest BCUT2D eigenvalue weighted by Crippen LogP contribution is -2.32. The van der Waals surface area contributed by atoms with Crippen LogP contribution < -0.4 is 15.4 Å². The first-order valence-corrected chi connectivity index (χ1v) is 7.47. The summed E-state index contributed by atoms with van der Waals surface area (Å²) in [6, 6.07) is 4.81. The van der Waals surface area contributed by atoms with E-state index < -0.39 is 6.10 Å². The molecule has 118 valence electrons. The maximum Gasteiger partial charge on any atom is 0.319 e. The van der Waals surface area contributed by atoms with Gasteiger partial charge in [-0.25, -0.2) is 4.79 Å². The van der Waals surface area contributed by atoms with Crippen LogP contribution in [-0.2, 0) is 0 Å². The molecule has 0 radical (unpaired) electrons. The standard InChI is InChI=1S/C15H23ClN2O3/c1-4-21-14-11(16)6-5-7-12(14)18-15(20)17-9-8-13(19)10(2)3/h5-7,10,13,19H,4,8-9H2,1-3H3,(H2,17,18,20). The highest BCUT2D eigenvalue weighted by Gasteiger charge is 2.12. The zero-order valence-corrected chi connectivity index (χ0v) is 13.4. The molecule has 2 amide bonds. The van der Waals surface area contributed by atoms with E-state index in [1.807, 2.05) is 20.8 Å². The van der Waals surface area contributed by atoms with E-state index in [4.69, 9.17) is 16.3 Å². The quantitative estimate of drug-likeness (QED) is 0.723. The predicted octanol–water partition coefficient (Wildman–Crippen LogP) is 3.27. The molecule has 5 nitrogen and oxygen atoms in total. The molecule has 0 aromatic heterocycles. The van der Waals surface area contributed by atoms with Gasteiger partial charge in [0.05, 0.1) is 23.4 Å². The molecular formula is C15H23ClN2O3. The number of amides is 2. The highest BCUT2D eigenvalue weighted by Crippen LogP contribution is 2.32. The average molecular weight is 315 g/mol. The maximum atomic E-state index is 11.8. The Morgan fingerprint density at radius 2 is 2.14 bits per heavy atom. The Morgan fingerprint density at radius 3 is 2.76 bits per heavy atom. The summed E-state index contributed by atoms with van der Waals surface area (Å²) >= 11 is 6.04. The number of ether oxygens (including phenoxy) is 1. The van der Waals surface area contributed by atoms with Gasteiger partial charge in [-0.2, -0.15) is 0 Å². The topological polar surface area (TPSA) is 70.6 Å². The summed E-state index contributed by atoms with van der Waals surface area (Å²) < 4.78 is 5.43. The summed E-state index contributed by atoms with van der Waals surface area (Å²) in [5, 5.41) is 15.5. The number of hydrogen-bond acceptors (Lipinski definition) is 3. The summed E-state index contributed by atoms with van der Waals surface area (Å²) in [6.07, 6.45) is 0.0920. The van der Waals surface area contributed by atoms with Gasteiger partial charge in [-0.15, -0.1) is 0 Å². The van der Waals surface area contributed by atoms with Crippen molar-refractivity contribution in [1.29, 1.82) is 0 Å². The summed E-state index contributed by atoms with van der Waals surface area (Å²) in [5.41, 5.74) is 0.520. The average Bonchev–Trinajstić information content (AvgIpc) is 2.42. The molecule has 0 bridgehead atoms. The van der Waals surface area contributed by atoms with E-state index in [1.54, 1.807) is 18.2 Å². The minimum Gasteiger partial charge on any atom is -0.490 e. The van der Waals surface area contributed by atoms with Gasteiger partial charge in [0.2, 0.25) is 0 Å². The molecule has 0 saturated carbocycles. The largest absolute Gasteiger partial charge is 0.490 e. The van der Waals surface area contributed by atoms with E-state index in [-0.39, 0.29) is 11.9 Å². The Hall–Kier alpha value is -1.46. The molecular weight excluding hydrogens is 292 g/mol. The Bertz CT molecular complexity index is 466. The summed E-state index contributed by atoms with van der Waals surface area (Å²) in [7, 11) is 0. The molecule has 0 saturated heterocycles. The number of hydrogen-bond donors (Lipinski definition) is 3. The molecule has 0 aliphatic carbocycles. The van der Waals surface area contributed by atoms with Crippen LogP contribution in [0, 0.1) is 5.92 Å². The molecule has 3 N–H and O–H groups in total. The highest BCUT2D eigenvalue weighted by atomic mass is 35.5. The molecule has 0 aliphatic heterocycles. The maximum absolute atomic E-state index is 11.8. The van der Waals surface area contributed by atoms with E-state index in [9.17, 15) is 9.90 Å². The third kappa shape index (κ3) is 5.81. The molecule has 6 heteroatoms. The van der Waals surface area contributed by atoms with Crippen LogP contribution in [0.15, 0.2) is 18.2 Å². The van der Waals surface area contributed by atoms with Crippen molar-refractivity contribution in [3.05, 3.63) is 23.2 Å². The number of nitrogens with one attached hydrogen (secondary N) is 2. The lowest BCUT2D eigenvalue weighted by atomic mass is 10.0. The number of para-hydroxylation sites is 1. The minimum atomic E-state index is -0.421. The van der Waals surface area contributed by atoms with Gasteiger partial charge in [-0.1, -0.05) is 31.5 Å². The van der Waals surface area contributed by atoms with Crippen LogP contribution in [0.3, 0.4) is 0 Å². The molecule has 0 aliphatic rings. The van der Waals surface area contributed by atoms with E-state index >= 15 is 0 Å². The SMILES string of the molecule is CCOc1c(Cl)cccc1NC(=O)NCCC(O)C(C)C. The zero-order valence-electron chi connectivity index (χ0n) is 12.6. The van der Waals surface area contributed by atoms with Crippen molar-refractivity contribution in [3.63, 3.8) is 0 Å². The molecule has 1 rings (SSSR count). The molecule has 0 fully saturated rings. The smallest absolute Gasteiger partial charge is 0.319 e. The van der Waals surface area contributed by atoms with Crippen molar-refractivity contribution in [3.8, 4) is 5.75 Å². The van der Waals surface area contributed by atoms with Crippen molar-refractivity contribution >= 4 is 23.3 Å². The van der Waals surface area contributed by atoms with Gasteiger partial charge in [0.15, 0.2) is 5.75 Å². The number of carbonyl (C=O) groups excluding carboxylic acids is 1.